The monoisotopic (exact) mass is 420 g/mol. The molecule has 0 radical (unpaired) electrons. The maximum atomic E-state index is 12.7. The molecule has 2 atom stereocenters. The van der Waals surface area contributed by atoms with Crippen LogP contribution in [-0.4, -0.2) is 48.0 Å². The van der Waals surface area contributed by atoms with Gasteiger partial charge in [0.15, 0.2) is 6.10 Å². The van der Waals surface area contributed by atoms with Gasteiger partial charge in [0.1, 0.15) is 6.04 Å². The minimum Gasteiger partial charge on any atom is -0.451 e. The zero-order valence-corrected chi connectivity index (χ0v) is 18.1. The maximum Gasteiger partial charge on any atom is 0.329 e. The van der Waals surface area contributed by atoms with Crippen LogP contribution in [0.25, 0.3) is 0 Å². The zero-order chi connectivity index (χ0) is 21.1. The van der Waals surface area contributed by atoms with E-state index in [9.17, 15) is 14.4 Å². The SMILES string of the molecule is CSCC[C@H](NC(=O)c1ccccc1)C(=O)O[C@H](C)C(=O)NC1CCCCCC1. The van der Waals surface area contributed by atoms with E-state index in [-0.39, 0.29) is 17.9 Å². The molecular weight excluding hydrogens is 388 g/mol. The van der Waals surface area contributed by atoms with Gasteiger partial charge in [0.2, 0.25) is 0 Å². The summed E-state index contributed by atoms with van der Waals surface area (Å²) in [5.41, 5.74) is 0.480. The van der Waals surface area contributed by atoms with Gasteiger partial charge in [-0.05, 0) is 50.3 Å². The van der Waals surface area contributed by atoms with Crippen LogP contribution in [0.15, 0.2) is 30.3 Å². The van der Waals surface area contributed by atoms with Crippen LogP contribution in [0.2, 0.25) is 0 Å². The molecule has 7 heteroatoms. The van der Waals surface area contributed by atoms with Gasteiger partial charge < -0.3 is 15.4 Å². The van der Waals surface area contributed by atoms with E-state index in [1.165, 1.54) is 12.8 Å². The first-order chi connectivity index (χ1) is 14.0. The van der Waals surface area contributed by atoms with E-state index >= 15 is 0 Å². The number of thioether (sulfide) groups is 1. The Kier molecular flexibility index (Phi) is 10.0. The number of carbonyl (C=O) groups excluding carboxylic acids is 3. The molecule has 2 N–H and O–H groups in total. The van der Waals surface area contributed by atoms with Crippen molar-refractivity contribution in [2.45, 2.75) is 70.1 Å². The minimum atomic E-state index is -0.892. The van der Waals surface area contributed by atoms with Crippen molar-refractivity contribution in [1.82, 2.24) is 10.6 Å². The lowest BCUT2D eigenvalue weighted by Crippen LogP contribution is -2.46. The highest BCUT2D eigenvalue weighted by Crippen LogP contribution is 2.17. The molecule has 0 saturated heterocycles. The Balaban J connectivity index is 1.91. The highest BCUT2D eigenvalue weighted by Gasteiger charge is 2.27. The third kappa shape index (κ3) is 8.09. The van der Waals surface area contributed by atoms with Gasteiger partial charge in [-0.3, -0.25) is 9.59 Å². The largest absolute Gasteiger partial charge is 0.451 e. The van der Waals surface area contributed by atoms with Crippen LogP contribution in [0.4, 0.5) is 0 Å². The van der Waals surface area contributed by atoms with Crippen molar-refractivity contribution < 1.29 is 19.1 Å². The first kappa shape index (κ1) is 23.3. The zero-order valence-electron chi connectivity index (χ0n) is 17.3. The van der Waals surface area contributed by atoms with Crippen molar-refractivity contribution in [3.8, 4) is 0 Å². The first-order valence-corrected chi connectivity index (χ1v) is 11.8. The van der Waals surface area contributed by atoms with Crippen molar-refractivity contribution in [1.29, 1.82) is 0 Å². The molecule has 1 aromatic rings. The summed E-state index contributed by atoms with van der Waals surface area (Å²) >= 11 is 1.58. The Hall–Kier alpha value is -2.02. The second-order valence-electron chi connectivity index (χ2n) is 7.45. The van der Waals surface area contributed by atoms with Gasteiger partial charge in [0.25, 0.3) is 11.8 Å². The van der Waals surface area contributed by atoms with Crippen molar-refractivity contribution in [3.63, 3.8) is 0 Å². The molecule has 1 aliphatic rings. The molecule has 2 amide bonds. The lowest BCUT2D eigenvalue weighted by Gasteiger charge is -2.22. The van der Waals surface area contributed by atoms with Crippen LogP contribution in [0.5, 0.6) is 0 Å². The van der Waals surface area contributed by atoms with Crippen molar-refractivity contribution in [3.05, 3.63) is 35.9 Å². The molecule has 0 heterocycles. The summed E-state index contributed by atoms with van der Waals surface area (Å²) in [5, 5.41) is 5.75. The Bertz CT molecular complexity index is 660. The van der Waals surface area contributed by atoms with Crippen LogP contribution >= 0.6 is 11.8 Å². The maximum absolute atomic E-state index is 12.7. The summed E-state index contributed by atoms with van der Waals surface area (Å²) in [6.45, 7) is 1.58. The van der Waals surface area contributed by atoms with Gasteiger partial charge in [0, 0.05) is 11.6 Å². The molecule has 0 bridgehead atoms. The standard InChI is InChI=1S/C22H32N2O4S/c1-16(20(25)23-18-12-8-3-4-9-13-18)28-22(27)19(14-15-29-2)24-21(26)17-10-6-5-7-11-17/h5-7,10-11,16,18-19H,3-4,8-9,12-15H2,1-2H3,(H,23,25)(H,24,26)/t16-,19+/m1/s1. The van der Waals surface area contributed by atoms with Crippen LogP contribution in [-0.2, 0) is 14.3 Å². The molecule has 0 aromatic heterocycles. The third-order valence-electron chi connectivity index (χ3n) is 5.10. The van der Waals surface area contributed by atoms with E-state index in [0.717, 1.165) is 25.7 Å². The lowest BCUT2D eigenvalue weighted by molar-refractivity contribution is -0.156. The summed E-state index contributed by atoms with van der Waals surface area (Å²) in [6.07, 6.45) is 8.05. The Morgan fingerprint density at radius 2 is 1.76 bits per heavy atom. The van der Waals surface area contributed by atoms with Crippen LogP contribution in [0.3, 0.4) is 0 Å². The van der Waals surface area contributed by atoms with E-state index in [1.807, 2.05) is 12.3 Å². The molecule has 0 aliphatic heterocycles. The number of rotatable bonds is 9. The topological polar surface area (TPSA) is 84.5 Å². The van der Waals surface area contributed by atoms with Crippen molar-refractivity contribution in [2.24, 2.45) is 0 Å². The summed E-state index contributed by atoms with van der Waals surface area (Å²) in [7, 11) is 0. The molecule has 1 saturated carbocycles. The van der Waals surface area contributed by atoms with Crippen LogP contribution in [0.1, 0.15) is 62.2 Å². The van der Waals surface area contributed by atoms with E-state index in [4.69, 9.17) is 4.74 Å². The number of hydrogen-bond donors (Lipinski definition) is 2. The molecular formula is C22H32N2O4S. The van der Waals surface area contributed by atoms with E-state index in [0.29, 0.717) is 17.7 Å². The fourth-order valence-corrected chi connectivity index (χ4v) is 3.84. The smallest absolute Gasteiger partial charge is 0.329 e. The number of carbonyl (C=O) groups is 3. The number of hydrogen-bond acceptors (Lipinski definition) is 5. The quantitative estimate of drug-likeness (QED) is 0.473. The highest BCUT2D eigenvalue weighted by atomic mass is 32.2. The number of ether oxygens (including phenoxy) is 1. The van der Waals surface area contributed by atoms with Gasteiger partial charge in [0.05, 0.1) is 0 Å². The predicted molar refractivity (Wildman–Crippen MR) is 116 cm³/mol. The molecule has 2 rings (SSSR count). The van der Waals surface area contributed by atoms with E-state index in [1.54, 1.807) is 43.0 Å². The fourth-order valence-electron chi connectivity index (χ4n) is 3.37. The molecule has 160 valence electrons. The normalized spacial score (nSPS) is 16.9. The summed E-state index contributed by atoms with van der Waals surface area (Å²) < 4.78 is 5.41. The number of amides is 2. The first-order valence-electron chi connectivity index (χ1n) is 10.4. The van der Waals surface area contributed by atoms with Crippen LogP contribution in [0, 0.1) is 0 Å². The molecule has 29 heavy (non-hydrogen) atoms. The van der Waals surface area contributed by atoms with E-state index in [2.05, 4.69) is 10.6 Å². The molecule has 1 fully saturated rings. The van der Waals surface area contributed by atoms with Crippen molar-refractivity contribution in [2.75, 3.05) is 12.0 Å². The molecule has 0 spiro atoms. The van der Waals surface area contributed by atoms with Gasteiger partial charge in [-0.15, -0.1) is 0 Å². The van der Waals surface area contributed by atoms with Crippen molar-refractivity contribution >= 4 is 29.5 Å². The Labute approximate surface area is 177 Å². The van der Waals surface area contributed by atoms with Crippen LogP contribution < -0.4 is 10.6 Å². The van der Waals surface area contributed by atoms with Gasteiger partial charge >= 0.3 is 5.97 Å². The average molecular weight is 421 g/mol. The summed E-state index contributed by atoms with van der Waals surface area (Å²) in [6, 6.07) is 8.10. The second-order valence-corrected chi connectivity index (χ2v) is 8.44. The summed E-state index contributed by atoms with van der Waals surface area (Å²) in [4.78, 5) is 37.5. The second kappa shape index (κ2) is 12.5. The fraction of sp³-hybridized carbons (Fsp3) is 0.591. The molecule has 6 nitrogen and oxygen atoms in total. The number of esters is 1. The summed E-state index contributed by atoms with van der Waals surface area (Å²) in [5.74, 6) is -0.489. The number of nitrogens with one attached hydrogen (secondary N) is 2. The van der Waals surface area contributed by atoms with E-state index < -0.39 is 18.1 Å². The Morgan fingerprint density at radius 1 is 1.10 bits per heavy atom. The Morgan fingerprint density at radius 3 is 2.38 bits per heavy atom. The predicted octanol–water partition coefficient (Wildman–Crippen LogP) is 3.31. The number of benzene rings is 1. The molecule has 0 unspecified atom stereocenters. The third-order valence-corrected chi connectivity index (χ3v) is 5.74. The molecule has 1 aliphatic carbocycles. The van der Waals surface area contributed by atoms with Gasteiger partial charge in [-0.2, -0.15) is 11.8 Å². The highest BCUT2D eigenvalue weighted by molar-refractivity contribution is 7.98. The lowest BCUT2D eigenvalue weighted by atomic mass is 10.1. The minimum absolute atomic E-state index is 0.149. The van der Waals surface area contributed by atoms with Gasteiger partial charge in [-0.1, -0.05) is 43.9 Å². The average Bonchev–Trinajstić information content (AvgIpc) is 3.00. The van der Waals surface area contributed by atoms with Gasteiger partial charge in [-0.25, -0.2) is 4.79 Å². The molecule has 1 aromatic carbocycles.